The third kappa shape index (κ3) is 1.81. The van der Waals surface area contributed by atoms with Gasteiger partial charge in [-0.1, -0.05) is 18.2 Å². The summed E-state index contributed by atoms with van der Waals surface area (Å²) in [5.74, 6) is 0. The van der Waals surface area contributed by atoms with Crippen molar-refractivity contribution in [2.45, 2.75) is 0 Å². The number of hydrogen-bond acceptors (Lipinski definition) is 2. The molecule has 0 saturated heterocycles. The molecule has 0 aliphatic rings. The number of para-hydroxylation sites is 1. The van der Waals surface area contributed by atoms with Crippen LogP contribution >= 0.6 is 11.8 Å². The Labute approximate surface area is 68.2 Å². The lowest BCUT2D eigenvalue weighted by Gasteiger charge is -2.02. The maximum atomic E-state index is 10.1. The van der Waals surface area contributed by atoms with Crippen molar-refractivity contribution in [2.24, 2.45) is 0 Å². The Bertz CT molecular complexity index is 252. The van der Waals surface area contributed by atoms with Crippen molar-refractivity contribution in [1.82, 2.24) is 0 Å². The van der Waals surface area contributed by atoms with E-state index in [4.69, 9.17) is 11.8 Å². The highest BCUT2D eigenvalue weighted by molar-refractivity contribution is 6.23. The van der Waals surface area contributed by atoms with Gasteiger partial charge in [-0.05, 0) is 12.1 Å². The fraction of sp³-hybridized carbons (Fsp3) is 0. The van der Waals surface area contributed by atoms with E-state index in [0.717, 1.165) is 0 Å². The number of hydrazine groups is 1. The number of rotatable bonds is 2. The Kier molecular flexibility index (Phi) is 2.28. The molecule has 1 aromatic carbocycles. The van der Waals surface area contributed by atoms with Gasteiger partial charge in [-0.2, -0.15) is 0 Å². The highest BCUT2D eigenvalue weighted by Gasteiger charge is 2.11. The molecule has 0 aromatic heterocycles. The van der Waals surface area contributed by atoms with Crippen LogP contribution in [0.3, 0.4) is 0 Å². The Morgan fingerprint density at radius 1 is 1.36 bits per heavy atom. The molecule has 0 aliphatic heterocycles. The zero-order chi connectivity index (χ0) is 8.27. The van der Waals surface area contributed by atoms with Crippen LogP contribution in [0.25, 0.3) is 0 Å². The van der Waals surface area contributed by atoms with Crippen LogP contribution in [0.5, 0.6) is 0 Å². The van der Waals surface area contributed by atoms with Crippen LogP contribution in [0.4, 0.5) is 5.69 Å². The van der Waals surface area contributed by atoms with Gasteiger partial charge in [0.25, 0.3) is 0 Å². The Hall–Kier alpha value is -1.29. The second kappa shape index (κ2) is 3.21. The Morgan fingerprint density at radius 3 is 2.36 bits per heavy atom. The van der Waals surface area contributed by atoms with Crippen LogP contribution < -0.4 is 4.53 Å². The van der Waals surface area contributed by atoms with Crippen molar-refractivity contribution in [2.75, 3.05) is 4.53 Å². The average Bonchev–Trinajstić information content (AvgIpc) is 2.05. The average molecular weight is 173 g/mol. The molecule has 0 spiro atoms. The summed E-state index contributed by atoms with van der Waals surface area (Å²) in [5, 5.41) is 9.40. The van der Waals surface area contributed by atoms with Gasteiger partial charge in [-0.25, -0.2) is 10.1 Å². The molecule has 0 amide bonds. The third-order valence-corrected chi connectivity index (χ3v) is 1.43. The number of nitro groups is 1. The molecule has 58 valence electrons. The molecule has 0 unspecified atom stereocenters. The summed E-state index contributed by atoms with van der Waals surface area (Å²) in [4.78, 5) is 10.1. The molecule has 4 nitrogen and oxygen atoms in total. The van der Waals surface area contributed by atoms with E-state index in [1.165, 1.54) is 0 Å². The molecule has 0 radical (unpaired) electrons. The second-order valence-electron chi connectivity index (χ2n) is 1.83. The van der Waals surface area contributed by atoms with E-state index in [1.54, 1.807) is 30.3 Å². The molecule has 0 aliphatic carbocycles. The quantitative estimate of drug-likeness (QED) is 0.389. The minimum Gasteiger partial charge on any atom is -0.233 e. The van der Waals surface area contributed by atoms with E-state index in [0.29, 0.717) is 10.2 Å². The van der Waals surface area contributed by atoms with Gasteiger partial charge in [0.1, 0.15) is 5.69 Å². The molecule has 1 rings (SSSR count). The number of nitrogens with zero attached hydrogens (tertiary/aromatic N) is 2. The predicted molar refractivity (Wildman–Crippen MR) is 41.8 cm³/mol. The van der Waals surface area contributed by atoms with Gasteiger partial charge in [0, 0.05) is 4.53 Å². The van der Waals surface area contributed by atoms with Gasteiger partial charge >= 0.3 is 0 Å². The summed E-state index contributed by atoms with van der Waals surface area (Å²) < 4.78 is 0.444. The van der Waals surface area contributed by atoms with Gasteiger partial charge in [-0.3, -0.25) is 0 Å². The maximum absolute atomic E-state index is 10.1. The van der Waals surface area contributed by atoms with Gasteiger partial charge < -0.3 is 0 Å². The molecule has 0 saturated carbocycles. The molecule has 0 heterocycles. The molecular formula is C6H5ClN2O2. The zero-order valence-electron chi connectivity index (χ0n) is 5.48. The van der Waals surface area contributed by atoms with Crippen LogP contribution in [0, 0.1) is 10.1 Å². The van der Waals surface area contributed by atoms with Crippen LogP contribution in [-0.4, -0.2) is 5.03 Å². The summed E-state index contributed by atoms with van der Waals surface area (Å²) in [6.45, 7) is 0. The minimum atomic E-state index is -0.698. The van der Waals surface area contributed by atoms with Crippen molar-refractivity contribution >= 4 is 17.5 Å². The highest BCUT2D eigenvalue weighted by Crippen LogP contribution is 2.14. The predicted octanol–water partition coefficient (Wildman–Crippen LogP) is 1.84. The van der Waals surface area contributed by atoms with E-state index in [9.17, 15) is 10.1 Å². The molecule has 0 atom stereocenters. The first-order valence-electron chi connectivity index (χ1n) is 2.87. The maximum Gasteiger partial charge on any atom is 0.181 e. The monoisotopic (exact) mass is 172 g/mol. The van der Waals surface area contributed by atoms with E-state index >= 15 is 0 Å². The molecule has 0 fully saturated rings. The largest absolute Gasteiger partial charge is 0.233 e. The van der Waals surface area contributed by atoms with Crippen LogP contribution in [0.1, 0.15) is 0 Å². The molecule has 0 bridgehead atoms. The second-order valence-corrected chi connectivity index (χ2v) is 2.15. The first kappa shape index (κ1) is 7.81. The lowest BCUT2D eigenvalue weighted by atomic mass is 10.3. The van der Waals surface area contributed by atoms with E-state index in [-0.39, 0.29) is 0 Å². The van der Waals surface area contributed by atoms with Crippen molar-refractivity contribution in [1.29, 1.82) is 0 Å². The van der Waals surface area contributed by atoms with Gasteiger partial charge in [0.2, 0.25) is 0 Å². The van der Waals surface area contributed by atoms with Gasteiger partial charge in [0.05, 0.1) is 11.8 Å². The molecule has 0 N–H and O–H groups in total. The highest BCUT2D eigenvalue weighted by atomic mass is 35.5. The minimum absolute atomic E-state index is 0.346. The Morgan fingerprint density at radius 2 is 1.91 bits per heavy atom. The van der Waals surface area contributed by atoms with E-state index in [2.05, 4.69) is 0 Å². The topological polar surface area (TPSA) is 46.4 Å². The van der Waals surface area contributed by atoms with Gasteiger partial charge in [0.15, 0.2) is 5.03 Å². The summed E-state index contributed by atoms with van der Waals surface area (Å²) in [6, 6.07) is 8.21. The Balaban J connectivity index is 2.85. The van der Waals surface area contributed by atoms with Crippen LogP contribution in [-0.2, 0) is 0 Å². The van der Waals surface area contributed by atoms with Crippen molar-refractivity contribution in [3.63, 3.8) is 0 Å². The van der Waals surface area contributed by atoms with Crippen molar-refractivity contribution in [3.05, 3.63) is 40.4 Å². The molecule has 1 aromatic rings. The summed E-state index contributed by atoms with van der Waals surface area (Å²) >= 11 is 5.28. The lowest BCUT2D eigenvalue weighted by molar-refractivity contribution is -0.475. The zero-order valence-corrected chi connectivity index (χ0v) is 6.23. The van der Waals surface area contributed by atoms with Crippen molar-refractivity contribution in [3.8, 4) is 0 Å². The summed E-state index contributed by atoms with van der Waals surface area (Å²) in [5.41, 5.74) is 0.346. The smallest absolute Gasteiger partial charge is 0.181 e. The fourth-order valence-corrected chi connectivity index (χ4v) is 0.758. The van der Waals surface area contributed by atoms with Crippen LogP contribution in [0.2, 0.25) is 0 Å². The fourth-order valence-electron chi connectivity index (χ4n) is 0.645. The SMILES string of the molecule is O=[N+]([O-])N(Cl)c1ccccc1. The molecule has 5 heteroatoms. The van der Waals surface area contributed by atoms with Crippen LogP contribution in [0.15, 0.2) is 30.3 Å². The standard InChI is InChI=1S/C6H5ClN2O2/c7-8(9(10)11)6-4-2-1-3-5-6/h1-5H. The van der Waals surface area contributed by atoms with E-state index in [1.807, 2.05) is 0 Å². The first-order chi connectivity index (χ1) is 5.22. The first-order valence-corrected chi connectivity index (χ1v) is 3.21. The summed E-state index contributed by atoms with van der Waals surface area (Å²) in [6.07, 6.45) is 0. The lowest BCUT2D eigenvalue weighted by Crippen LogP contribution is -2.17. The molecule has 11 heavy (non-hydrogen) atoms. The number of hydrogen-bond donors (Lipinski definition) is 0. The number of benzene rings is 1. The number of halogens is 1. The number of anilines is 1. The van der Waals surface area contributed by atoms with E-state index < -0.39 is 5.03 Å². The summed E-state index contributed by atoms with van der Waals surface area (Å²) in [7, 11) is 0. The van der Waals surface area contributed by atoms with Crippen molar-refractivity contribution < 1.29 is 5.03 Å². The normalized spacial score (nSPS) is 9.18. The molecular weight excluding hydrogens is 168 g/mol. The van der Waals surface area contributed by atoms with Gasteiger partial charge in [-0.15, -0.1) is 0 Å². The third-order valence-electron chi connectivity index (χ3n) is 1.11.